The molecule has 6 rings (SSSR count). The Hall–Kier alpha value is -2.54. The van der Waals surface area contributed by atoms with Crippen LogP contribution in [-0.4, -0.2) is 5.60 Å². The van der Waals surface area contributed by atoms with Crippen LogP contribution in [0.4, 0.5) is 0 Å². The van der Waals surface area contributed by atoms with Crippen LogP contribution in [-0.2, 0) is 11.8 Å². The molecule has 3 aliphatic rings. The molecule has 2 atom stereocenters. The third kappa shape index (κ3) is 2.08. The van der Waals surface area contributed by atoms with Gasteiger partial charge in [-0.05, 0) is 78.1 Å². The minimum Gasteiger partial charge on any atom is -0.486 e. The second-order valence-electron chi connectivity index (χ2n) is 9.29. The Balaban J connectivity index is 1.43. The Bertz CT molecular complexity index is 1110. The van der Waals surface area contributed by atoms with E-state index in [-0.39, 0.29) is 11.0 Å². The summed E-state index contributed by atoms with van der Waals surface area (Å²) < 4.78 is 6.51. The van der Waals surface area contributed by atoms with Gasteiger partial charge in [-0.2, -0.15) is 0 Å². The van der Waals surface area contributed by atoms with Gasteiger partial charge in [-0.15, -0.1) is 0 Å². The van der Waals surface area contributed by atoms with E-state index in [2.05, 4.69) is 74.5 Å². The van der Waals surface area contributed by atoms with Gasteiger partial charge in [0.2, 0.25) is 0 Å². The van der Waals surface area contributed by atoms with E-state index in [0.29, 0.717) is 0 Å². The summed E-state index contributed by atoms with van der Waals surface area (Å²) >= 11 is 0. The lowest BCUT2D eigenvalue weighted by atomic mass is 9.63. The quantitative estimate of drug-likeness (QED) is 0.356. The van der Waals surface area contributed by atoms with Gasteiger partial charge in [-0.3, -0.25) is 0 Å². The predicted molar refractivity (Wildman–Crippen MR) is 115 cm³/mol. The van der Waals surface area contributed by atoms with Crippen molar-refractivity contribution in [3.05, 3.63) is 77.4 Å². The van der Waals surface area contributed by atoms with Crippen LogP contribution in [0.3, 0.4) is 0 Å². The van der Waals surface area contributed by atoms with E-state index in [4.69, 9.17) is 4.74 Å². The molecule has 0 saturated heterocycles. The molecule has 1 fully saturated rings. The molecular formula is C27H26O. The topological polar surface area (TPSA) is 9.23 Å². The van der Waals surface area contributed by atoms with Crippen LogP contribution in [0.2, 0.25) is 0 Å². The zero-order valence-corrected chi connectivity index (χ0v) is 16.7. The summed E-state index contributed by atoms with van der Waals surface area (Å²) in [6.45, 7) is 4.74. The van der Waals surface area contributed by atoms with Crippen molar-refractivity contribution < 1.29 is 4.74 Å². The molecule has 1 aliphatic heterocycles. The zero-order chi connectivity index (χ0) is 18.9. The highest BCUT2D eigenvalue weighted by molar-refractivity contribution is 5.80. The number of rotatable bonds is 1. The Labute approximate surface area is 167 Å². The standard InChI is InChI=1S/C27H26O/c1-26-13-5-6-14-27(26,2)28-25-12-10-19(17-24(25)26)18-9-11-23-21(15-18)16-20-7-3-4-8-22(20)23/h3-4,7-12,15,17H,5-6,13-14,16H2,1-2H3. The van der Waals surface area contributed by atoms with Crippen LogP contribution in [0.15, 0.2) is 60.7 Å². The number of ether oxygens (including phenoxy) is 1. The Kier molecular flexibility index (Phi) is 3.23. The van der Waals surface area contributed by atoms with E-state index >= 15 is 0 Å². The van der Waals surface area contributed by atoms with E-state index in [9.17, 15) is 0 Å². The fraction of sp³-hybridized carbons (Fsp3) is 0.333. The lowest BCUT2D eigenvalue weighted by Crippen LogP contribution is -2.49. The van der Waals surface area contributed by atoms with Crippen LogP contribution in [0.1, 0.15) is 56.2 Å². The number of fused-ring (bicyclic) bond motifs is 6. The smallest absolute Gasteiger partial charge is 0.124 e. The van der Waals surface area contributed by atoms with Crippen molar-refractivity contribution in [2.24, 2.45) is 0 Å². The molecule has 2 aliphatic carbocycles. The maximum absolute atomic E-state index is 6.51. The molecule has 0 spiro atoms. The Morgan fingerprint density at radius 3 is 2.43 bits per heavy atom. The molecule has 3 aromatic rings. The SMILES string of the molecule is CC12CCCCC1(C)c1cc(-c3ccc4c(c3)Cc3ccccc3-4)ccc1O2. The molecule has 1 heteroatoms. The first kappa shape index (κ1) is 16.4. The van der Waals surface area contributed by atoms with Gasteiger partial charge in [0.25, 0.3) is 0 Å². The van der Waals surface area contributed by atoms with Crippen molar-refractivity contribution in [2.75, 3.05) is 0 Å². The van der Waals surface area contributed by atoms with E-state index in [0.717, 1.165) is 18.6 Å². The highest BCUT2D eigenvalue weighted by atomic mass is 16.5. The van der Waals surface area contributed by atoms with Crippen molar-refractivity contribution in [3.63, 3.8) is 0 Å². The van der Waals surface area contributed by atoms with Crippen molar-refractivity contribution in [2.45, 2.75) is 57.0 Å². The number of benzene rings is 3. The Morgan fingerprint density at radius 2 is 1.50 bits per heavy atom. The average Bonchev–Trinajstić information content (AvgIpc) is 3.19. The van der Waals surface area contributed by atoms with Crippen molar-refractivity contribution in [1.29, 1.82) is 0 Å². The molecule has 3 aromatic carbocycles. The summed E-state index contributed by atoms with van der Waals surface area (Å²) in [6.07, 6.45) is 6.00. The predicted octanol–water partition coefficient (Wildman–Crippen LogP) is 6.91. The van der Waals surface area contributed by atoms with Gasteiger partial charge in [0.15, 0.2) is 0 Å². The molecule has 0 bridgehead atoms. The van der Waals surface area contributed by atoms with E-state index in [1.165, 1.54) is 58.2 Å². The van der Waals surface area contributed by atoms with Gasteiger partial charge in [-0.1, -0.05) is 61.9 Å². The van der Waals surface area contributed by atoms with Crippen molar-refractivity contribution in [1.82, 2.24) is 0 Å². The molecule has 2 unspecified atom stereocenters. The largest absolute Gasteiger partial charge is 0.486 e. The van der Waals surface area contributed by atoms with Gasteiger partial charge < -0.3 is 4.74 Å². The fourth-order valence-electron chi connectivity index (χ4n) is 5.86. The first-order valence-electron chi connectivity index (χ1n) is 10.6. The summed E-state index contributed by atoms with van der Waals surface area (Å²) in [7, 11) is 0. The Morgan fingerprint density at radius 1 is 0.750 bits per heavy atom. The van der Waals surface area contributed by atoms with Gasteiger partial charge in [0.05, 0.1) is 0 Å². The molecule has 1 heterocycles. The van der Waals surface area contributed by atoms with E-state index < -0.39 is 0 Å². The zero-order valence-electron chi connectivity index (χ0n) is 16.7. The summed E-state index contributed by atoms with van der Waals surface area (Å²) in [5.74, 6) is 1.10. The second-order valence-corrected chi connectivity index (χ2v) is 9.29. The molecule has 1 saturated carbocycles. The fourth-order valence-corrected chi connectivity index (χ4v) is 5.86. The second kappa shape index (κ2) is 5.50. The average molecular weight is 367 g/mol. The lowest BCUT2D eigenvalue weighted by molar-refractivity contribution is 0.00740. The summed E-state index contributed by atoms with van der Waals surface area (Å²) in [5.41, 5.74) is 9.82. The highest BCUT2D eigenvalue weighted by Gasteiger charge is 2.55. The molecule has 0 aromatic heterocycles. The van der Waals surface area contributed by atoms with Gasteiger partial charge >= 0.3 is 0 Å². The van der Waals surface area contributed by atoms with E-state index in [1.807, 2.05) is 0 Å². The first-order valence-corrected chi connectivity index (χ1v) is 10.6. The van der Waals surface area contributed by atoms with Crippen molar-refractivity contribution >= 4 is 0 Å². The first-order chi connectivity index (χ1) is 13.6. The summed E-state index contributed by atoms with van der Waals surface area (Å²) in [5, 5.41) is 0. The van der Waals surface area contributed by atoms with Crippen LogP contribution < -0.4 is 4.74 Å². The van der Waals surface area contributed by atoms with Crippen molar-refractivity contribution in [3.8, 4) is 28.0 Å². The highest BCUT2D eigenvalue weighted by Crippen LogP contribution is 2.56. The van der Waals surface area contributed by atoms with Crippen LogP contribution in [0.5, 0.6) is 5.75 Å². The molecule has 140 valence electrons. The molecule has 1 nitrogen and oxygen atoms in total. The number of hydrogen-bond acceptors (Lipinski definition) is 1. The minimum atomic E-state index is -0.0498. The maximum atomic E-state index is 6.51. The van der Waals surface area contributed by atoms with Crippen LogP contribution in [0.25, 0.3) is 22.3 Å². The third-order valence-electron chi connectivity index (χ3n) is 7.78. The number of hydrogen-bond donors (Lipinski definition) is 0. The lowest BCUT2D eigenvalue weighted by Gasteiger charge is -2.43. The van der Waals surface area contributed by atoms with Gasteiger partial charge in [0.1, 0.15) is 11.4 Å². The van der Waals surface area contributed by atoms with Gasteiger partial charge in [-0.25, -0.2) is 0 Å². The molecule has 28 heavy (non-hydrogen) atoms. The molecule has 0 amide bonds. The minimum absolute atomic E-state index is 0.0498. The van der Waals surface area contributed by atoms with Gasteiger partial charge in [0, 0.05) is 11.0 Å². The van der Waals surface area contributed by atoms with Crippen LogP contribution >= 0.6 is 0 Å². The van der Waals surface area contributed by atoms with Crippen LogP contribution in [0, 0.1) is 0 Å². The summed E-state index contributed by atoms with van der Waals surface area (Å²) in [6, 6.07) is 22.7. The summed E-state index contributed by atoms with van der Waals surface area (Å²) in [4.78, 5) is 0. The monoisotopic (exact) mass is 366 g/mol. The molecule has 0 radical (unpaired) electrons. The molecular weight excluding hydrogens is 340 g/mol. The maximum Gasteiger partial charge on any atom is 0.124 e. The normalized spacial score (nSPS) is 26.8. The van der Waals surface area contributed by atoms with E-state index in [1.54, 1.807) is 0 Å². The molecule has 0 N–H and O–H groups in total. The third-order valence-corrected chi connectivity index (χ3v) is 7.78.